The Labute approximate surface area is 162 Å². The lowest BCUT2D eigenvalue weighted by Gasteiger charge is -2.38. The summed E-state index contributed by atoms with van der Waals surface area (Å²) in [5.41, 5.74) is 2.33. The topological polar surface area (TPSA) is 55.9 Å². The van der Waals surface area contributed by atoms with Gasteiger partial charge in [0.15, 0.2) is 0 Å². The Morgan fingerprint density at radius 1 is 1.11 bits per heavy atom. The quantitative estimate of drug-likeness (QED) is 0.737. The molecule has 1 N–H and O–H groups in total. The summed E-state index contributed by atoms with van der Waals surface area (Å²) in [5, 5.41) is 2.97. The first-order chi connectivity index (χ1) is 13.1. The van der Waals surface area contributed by atoms with Crippen LogP contribution >= 0.6 is 0 Å². The molecule has 2 aliphatic rings. The van der Waals surface area contributed by atoms with E-state index in [4.69, 9.17) is 0 Å². The number of fused-ring (bicyclic) bond motifs is 1. The summed E-state index contributed by atoms with van der Waals surface area (Å²) in [6.45, 7) is 9.43. The summed E-state index contributed by atoms with van der Waals surface area (Å²) in [6, 6.07) is 8.06. The van der Waals surface area contributed by atoms with E-state index in [0.717, 1.165) is 64.2 Å². The largest absolute Gasteiger partial charge is 0.355 e. The number of carbonyl (C=O) groups is 2. The highest BCUT2D eigenvalue weighted by Gasteiger charge is 2.32. The maximum Gasteiger partial charge on any atom is 0.244 e. The maximum absolute atomic E-state index is 13.0. The van der Waals surface area contributed by atoms with E-state index in [9.17, 15) is 9.59 Å². The second kappa shape index (κ2) is 9.33. The lowest BCUT2D eigenvalue weighted by Crippen LogP contribution is -2.55. The van der Waals surface area contributed by atoms with Crippen molar-refractivity contribution in [1.82, 2.24) is 15.1 Å². The van der Waals surface area contributed by atoms with Crippen LogP contribution < -0.4 is 10.2 Å². The van der Waals surface area contributed by atoms with E-state index in [1.54, 1.807) is 0 Å². The van der Waals surface area contributed by atoms with Gasteiger partial charge in [-0.15, -0.1) is 0 Å². The van der Waals surface area contributed by atoms with E-state index in [0.29, 0.717) is 6.54 Å². The minimum absolute atomic E-state index is 0.106. The van der Waals surface area contributed by atoms with E-state index in [1.807, 2.05) is 30.0 Å². The van der Waals surface area contributed by atoms with Crippen LogP contribution in [0.4, 0.5) is 5.69 Å². The number of nitrogens with zero attached hydrogens (tertiary/aromatic N) is 3. The highest BCUT2D eigenvalue weighted by Crippen LogP contribution is 2.28. The standard InChI is InChI=1S/C21H32N4O2/c1-3-4-10-22-20(26)16-23-12-14-24(15-13-23)17(2)21(27)25-11-9-18-7-5-6-8-19(18)25/h5-8,17H,3-4,9-16H2,1-2H3,(H,22,26). The van der Waals surface area contributed by atoms with E-state index >= 15 is 0 Å². The molecule has 0 bridgehead atoms. The Morgan fingerprint density at radius 3 is 2.59 bits per heavy atom. The van der Waals surface area contributed by atoms with Gasteiger partial charge in [0.25, 0.3) is 0 Å². The fraction of sp³-hybridized carbons (Fsp3) is 0.619. The Morgan fingerprint density at radius 2 is 1.85 bits per heavy atom. The van der Waals surface area contributed by atoms with Gasteiger partial charge >= 0.3 is 0 Å². The van der Waals surface area contributed by atoms with Gasteiger partial charge in [0.05, 0.1) is 12.6 Å². The molecule has 2 aliphatic heterocycles. The number of piperazine rings is 1. The van der Waals surface area contributed by atoms with E-state index in [2.05, 4.69) is 28.1 Å². The molecule has 2 amide bonds. The third kappa shape index (κ3) is 4.87. The summed E-state index contributed by atoms with van der Waals surface area (Å²) in [4.78, 5) is 31.4. The van der Waals surface area contributed by atoms with Crippen LogP contribution in [0.15, 0.2) is 24.3 Å². The molecule has 1 saturated heterocycles. The number of nitrogens with one attached hydrogen (secondary N) is 1. The SMILES string of the molecule is CCCCNC(=O)CN1CCN(C(C)C(=O)N2CCc3ccccc32)CC1. The molecule has 1 aromatic carbocycles. The van der Waals surface area contributed by atoms with E-state index < -0.39 is 0 Å². The smallest absolute Gasteiger partial charge is 0.244 e. The number of hydrogen-bond donors (Lipinski definition) is 1. The van der Waals surface area contributed by atoms with Crippen LogP contribution in [0, 0.1) is 0 Å². The predicted octanol–water partition coefficient (Wildman–Crippen LogP) is 1.50. The molecular formula is C21H32N4O2. The second-order valence-corrected chi connectivity index (χ2v) is 7.56. The van der Waals surface area contributed by atoms with Crippen LogP contribution in [0.3, 0.4) is 0 Å². The van der Waals surface area contributed by atoms with Crippen molar-refractivity contribution in [3.05, 3.63) is 29.8 Å². The summed E-state index contributed by atoms with van der Waals surface area (Å²) >= 11 is 0. The molecule has 1 atom stereocenters. The number of para-hydroxylation sites is 1. The van der Waals surface area contributed by atoms with Crippen LogP contribution in [0.1, 0.15) is 32.3 Å². The molecule has 0 radical (unpaired) electrons. The second-order valence-electron chi connectivity index (χ2n) is 7.56. The maximum atomic E-state index is 13.0. The number of anilines is 1. The van der Waals surface area contributed by atoms with Crippen LogP contribution in [0.25, 0.3) is 0 Å². The zero-order chi connectivity index (χ0) is 19.2. The van der Waals surface area contributed by atoms with E-state index in [-0.39, 0.29) is 17.9 Å². The van der Waals surface area contributed by atoms with Crippen LogP contribution in [-0.2, 0) is 16.0 Å². The third-order valence-electron chi connectivity index (χ3n) is 5.68. The minimum Gasteiger partial charge on any atom is -0.355 e. The molecule has 6 heteroatoms. The normalized spacial score (nSPS) is 19.0. The molecule has 27 heavy (non-hydrogen) atoms. The fourth-order valence-corrected chi connectivity index (χ4v) is 3.92. The van der Waals surface area contributed by atoms with Crippen molar-refractivity contribution in [2.24, 2.45) is 0 Å². The van der Waals surface area contributed by atoms with Crippen molar-refractivity contribution in [3.63, 3.8) is 0 Å². The molecule has 6 nitrogen and oxygen atoms in total. The molecule has 1 aromatic rings. The first-order valence-electron chi connectivity index (χ1n) is 10.2. The highest BCUT2D eigenvalue weighted by molar-refractivity contribution is 5.98. The van der Waals surface area contributed by atoms with Gasteiger partial charge < -0.3 is 10.2 Å². The monoisotopic (exact) mass is 372 g/mol. The lowest BCUT2D eigenvalue weighted by atomic mass is 10.1. The predicted molar refractivity (Wildman–Crippen MR) is 108 cm³/mol. The van der Waals surface area contributed by atoms with Gasteiger partial charge in [-0.05, 0) is 31.4 Å². The van der Waals surface area contributed by atoms with Gasteiger partial charge in [-0.25, -0.2) is 0 Å². The first-order valence-corrected chi connectivity index (χ1v) is 10.2. The van der Waals surface area contributed by atoms with Crippen molar-refractivity contribution in [2.45, 2.75) is 39.2 Å². The highest BCUT2D eigenvalue weighted by atomic mass is 16.2. The van der Waals surface area contributed by atoms with Crippen molar-refractivity contribution >= 4 is 17.5 Å². The molecule has 1 fully saturated rings. The van der Waals surface area contributed by atoms with Gasteiger partial charge in [-0.3, -0.25) is 19.4 Å². The molecule has 0 spiro atoms. The van der Waals surface area contributed by atoms with Gasteiger partial charge in [-0.2, -0.15) is 0 Å². The molecule has 0 saturated carbocycles. The molecular weight excluding hydrogens is 340 g/mol. The third-order valence-corrected chi connectivity index (χ3v) is 5.68. The Kier molecular flexibility index (Phi) is 6.85. The van der Waals surface area contributed by atoms with Gasteiger partial charge in [0, 0.05) is 45.0 Å². The van der Waals surface area contributed by atoms with E-state index in [1.165, 1.54) is 5.56 Å². The molecule has 2 heterocycles. The van der Waals surface area contributed by atoms with Gasteiger partial charge in [-0.1, -0.05) is 31.5 Å². The van der Waals surface area contributed by atoms with Gasteiger partial charge in [0.2, 0.25) is 11.8 Å². The molecule has 0 aliphatic carbocycles. The first kappa shape index (κ1) is 19.8. The van der Waals surface area contributed by atoms with Crippen LogP contribution in [-0.4, -0.2) is 73.5 Å². The van der Waals surface area contributed by atoms with Crippen molar-refractivity contribution in [3.8, 4) is 0 Å². The zero-order valence-corrected chi connectivity index (χ0v) is 16.6. The summed E-state index contributed by atoms with van der Waals surface area (Å²) in [5.74, 6) is 0.292. The molecule has 1 unspecified atom stereocenters. The van der Waals surface area contributed by atoms with Crippen LogP contribution in [0.5, 0.6) is 0 Å². The number of hydrogen-bond acceptors (Lipinski definition) is 4. The number of benzene rings is 1. The number of carbonyl (C=O) groups excluding carboxylic acids is 2. The van der Waals surface area contributed by atoms with Crippen molar-refractivity contribution < 1.29 is 9.59 Å². The Bertz CT molecular complexity index is 655. The average Bonchev–Trinajstić information content (AvgIpc) is 3.12. The Balaban J connectivity index is 1.47. The number of rotatable bonds is 7. The summed E-state index contributed by atoms with van der Waals surface area (Å²) < 4.78 is 0. The average molecular weight is 373 g/mol. The van der Waals surface area contributed by atoms with Crippen LogP contribution in [0.2, 0.25) is 0 Å². The van der Waals surface area contributed by atoms with Crippen molar-refractivity contribution in [2.75, 3.05) is 50.7 Å². The number of unbranched alkanes of at least 4 members (excludes halogenated alkanes) is 1. The number of amides is 2. The molecule has 3 rings (SSSR count). The summed E-state index contributed by atoms with van der Waals surface area (Å²) in [7, 11) is 0. The molecule has 0 aromatic heterocycles. The van der Waals surface area contributed by atoms with Gasteiger partial charge in [0.1, 0.15) is 0 Å². The zero-order valence-electron chi connectivity index (χ0n) is 16.6. The minimum atomic E-state index is -0.128. The Hall–Kier alpha value is -1.92. The van der Waals surface area contributed by atoms with Crippen molar-refractivity contribution in [1.29, 1.82) is 0 Å². The molecule has 148 valence electrons. The summed E-state index contributed by atoms with van der Waals surface area (Å²) in [6.07, 6.45) is 3.06. The fourth-order valence-electron chi connectivity index (χ4n) is 3.92. The lowest BCUT2D eigenvalue weighted by molar-refractivity contribution is -0.126.